The van der Waals surface area contributed by atoms with Gasteiger partial charge in [0.05, 0.1) is 5.25 Å². The van der Waals surface area contributed by atoms with E-state index in [1.165, 1.54) is 11.1 Å². The molecule has 1 N–H and O–H groups in total. The molecule has 0 saturated carbocycles. The van der Waals surface area contributed by atoms with E-state index in [0.29, 0.717) is 0 Å². The SMILES string of the molecule is CCCS(=O)C1CCCc2ccccc2C1NC. The lowest BCUT2D eigenvalue weighted by Gasteiger charge is -2.25. The van der Waals surface area contributed by atoms with E-state index in [1.807, 2.05) is 7.05 Å². The molecule has 0 aliphatic heterocycles. The molecule has 1 aromatic rings. The van der Waals surface area contributed by atoms with Gasteiger partial charge in [0, 0.05) is 22.6 Å². The van der Waals surface area contributed by atoms with Crippen LogP contribution in [-0.2, 0) is 17.2 Å². The van der Waals surface area contributed by atoms with Crippen molar-refractivity contribution in [2.24, 2.45) is 0 Å². The highest BCUT2D eigenvalue weighted by Crippen LogP contribution is 2.31. The fraction of sp³-hybridized carbons (Fsp3) is 0.600. The van der Waals surface area contributed by atoms with E-state index >= 15 is 0 Å². The van der Waals surface area contributed by atoms with Gasteiger partial charge in [-0.1, -0.05) is 31.2 Å². The molecule has 2 rings (SSSR count). The van der Waals surface area contributed by atoms with Crippen LogP contribution in [0.4, 0.5) is 0 Å². The quantitative estimate of drug-likeness (QED) is 0.848. The Bertz CT molecular complexity index is 419. The number of rotatable bonds is 4. The maximum Gasteiger partial charge on any atom is 0.0543 e. The normalized spacial score (nSPS) is 25.2. The van der Waals surface area contributed by atoms with Crippen molar-refractivity contribution >= 4 is 10.8 Å². The maximum atomic E-state index is 12.4. The Morgan fingerprint density at radius 3 is 2.89 bits per heavy atom. The van der Waals surface area contributed by atoms with E-state index in [1.54, 1.807) is 0 Å². The van der Waals surface area contributed by atoms with Crippen molar-refractivity contribution in [2.75, 3.05) is 12.8 Å². The van der Waals surface area contributed by atoms with Crippen LogP contribution in [0.3, 0.4) is 0 Å². The fourth-order valence-electron chi connectivity index (χ4n) is 2.90. The monoisotopic (exact) mass is 265 g/mol. The number of hydrogen-bond acceptors (Lipinski definition) is 2. The molecule has 0 bridgehead atoms. The molecule has 0 amide bonds. The lowest BCUT2D eigenvalue weighted by Crippen LogP contribution is -2.33. The highest BCUT2D eigenvalue weighted by Gasteiger charge is 2.30. The molecule has 0 spiro atoms. The van der Waals surface area contributed by atoms with Gasteiger partial charge in [-0.3, -0.25) is 4.21 Å². The molecule has 0 fully saturated rings. The van der Waals surface area contributed by atoms with Crippen LogP contribution in [-0.4, -0.2) is 22.3 Å². The predicted octanol–water partition coefficient (Wildman–Crippen LogP) is 2.81. The summed E-state index contributed by atoms with van der Waals surface area (Å²) in [6.07, 6.45) is 4.33. The molecule has 18 heavy (non-hydrogen) atoms. The second-order valence-corrected chi connectivity index (χ2v) is 6.76. The van der Waals surface area contributed by atoms with Crippen LogP contribution in [0.5, 0.6) is 0 Å². The molecule has 0 saturated heterocycles. The lowest BCUT2D eigenvalue weighted by molar-refractivity contribution is 0.531. The Morgan fingerprint density at radius 1 is 1.39 bits per heavy atom. The van der Waals surface area contributed by atoms with E-state index in [-0.39, 0.29) is 11.3 Å². The first-order valence-corrected chi connectivity index (χ1v) is 8.28. The van der Waals surface area contributed by atoms with Gasteiger partial charge in [0.1, 0.15) is 0 Å². The van der Waals surface area contributed by atoms with Crippen molar-refractivity contribution in [3.8, 4) is 0 Å². The minimum absolute atomic E-state index is 0.246. The molecule has 1 aliphatic rings. The van der Waals surface area contributed by atoms with Gasteiger partial charge in [-0.2, -0.15) is 0 Å². The Morgan fingerprint density at radius 2 is 2.17 bits per heavy atom. The number of aryl methyl sites for hydroxylation is 1. The third kappa shape index (κ3) is 2.83. The third-order valence-electron chi connectivity index (χ3n) is 3.75. The van der Waals surface area contributed by atoms with Crippen LogP contribution in [0.2, 0.25) is 0 Å². The standard InChI is InChI=1S/C15H23NOS/c1-3-11-18(17)14-10-6-8-12-7-4-5-9-13(12)15(14)16-2/h4-5,7,9,14-16H,3,6,8,10-11H2,1-2H3. The van der Waals surface area contributed by atoms with Gasteiger partial charge in [0.2, 0.25) is 0 Å². The molecule has 3 atom stereocenters. The van der Waals surface area contributed by atoms with Gasteiger partial charge in [-0.25, -0.2) is 0 Å². The molecule has 3 unspecified atom stereocenters. The predicted molar refractivity (Wildman–Crippen MR) is 78.3 cm³/mol. The largest absolute Gasteiger partial charge is 0.312 e. The van der Waals surface area contributed by atoms with Gasteiger partial charge >= 0.3 is 0 Å². The van der Waals surface area contributed by atoms with Crippen molar-refractivity contribution in [3.63, 3.8) is 0 Å². The number of benzene rings is 1. The summed E-state index contributed by atoms with van der Waals surface area (Å²) < 4.78 is 12.4. The number of hydrogen-bond donors (Lipinski definition) is 1. The van der Waals surface area contributed by atoms with Crippen LogP contribution in [0, 0.1) is 0 Å². The van der Waals surface area contributed by atoms with Crippen molar-refractivity contribution in [3.05, 3.63) is 35.4 Å². The van der Waals surface area contributed by atoms with Crippen LogP contribution >= 0.6 is 0 Å². The molecular weight excluding hydrogens is 242 g/mol. The van der Waals surface area contributed by atoms with Crippen LogP contribution in [0.15, 0.2) is 24.3 Å². The summed E-state index contributed by atoms with van der Waals surface area (Å²) >= 11 is 0. The highest BCUT2D eigenvalue weighted by atomic mass is 32.2. The molecule has 0 heterocycles. The van der Waals surface area contributed by atoms with E-state index in [4.69, 9.17) is 0 Å². The number of nitrogens with one attached hydrogen (secondary N) is 1. The molecule has 1 aliphatic carbocycles. The van der Waals surface area contributed by atoms with Gasteiger partial charge in [0.15, 0.2) is 0 Å². The van der Waals surface area contributed by atoms with E-state index < -0.39 is 10.8 Å². The average molecular weight is 265 g/mol. The van der Waals surface area contributed by atoms with Crippen LogP contribution < -0.4 is 5.32 Å². The summed E-state index contributed by atoms with van der Waals surface area (Å²) in [4.78, 5) is 0. The molecular formula is C15H23NOS. The summed E-state index contributed by atoms with van der Waals surface area (Å²) in [5, 5.41) is 3.66. The topological polar surface area (TPSA) is 29.1 Å². The Kier molecular flexibility index (Phi) is 4.95. The van der Waals surface area contributed by atoms with Crippen molar-refractivity contribution in [1.29, 1.82) is 0 Å². The van der Waals surface area contributed by atoms with Gasteiger partial charge in [-0.15, -0.1) is 0 Å². The van der Waals surface area contributed by atoms with E-state index in [2.05, 4.69) is 36.5 Å². The fourth-order valence-corrected chi connectivity index (χ4v) is 4.62. The van der Waals surface area contributed by atoms with Gasteiger partial charge < -0.3 is 5.32 Å². The van der Waals surface area contributed by atoms with E-state index in [9.17, 15) is 4.21 Å². The minimum atomic E-state index is -0.717. The van der Waals surface area contributed by atoms with Crippen molar-refractivity contribution < 1.29 is 4.21 Å². The molecule has 0 radical (unpaired) electrons. The van der Waals surface area contributed by atoms with Crippen LogP contribution in [0.25, 0.3) is 0 Å². The molecule has 2 nitrogen and oxygen atoms in total. The molecule has 0 aromatic heterocycles. The third-order valence-corrected chi connectivity index (χ3v) is 5.74. The second kappa shape index (κ2) is 6.48. The summed E-state index contributed by atoms with van der Waals surface area (Å²) in [6.45, 7) is 2.11. The molecule has 100 valence electrons. The average Bonchev–Trinajstić information content (AvgIpc) is 2.57. The summed E-state index contributed by atoms with van der Waals surface area (Å²) in [5.74, 6) is 0.824. The van der Waals surface area contributed by atoms with Crippen LogP contribution in [0.1, 0.15) is 43.4 Å². The second-order valence-electron chi connectivity index (χ2n) is 4.98. The maximum absolute atomic E-state index is 12.4. The summed E-state index contributed by atoms with van der Waals surface area (Å²) in [7, 11) is 1.27. The molecule has 1 aromatic carbocycles. The lowest BCUT2D eigenvalue weighted by atomic mass is 9.99. The highest BCUT2D eigenvalue weighted by molar-refractivity contribution is 7.85. The van der Waals surface area contributed by atoms with E-state index in [0.717, 1.165) is 31.4 Å². The van der Waals surface area contributed by atoms with Crippen molar-refractivity contribution in [2.45, 2.75) is 43.9 Å². The Balaban J connectivity index is 2.31. The first-order chi connectivity index (χ1) is 8.77. The minimum Gasteiger partial charge on any atom is -0.312 e. The Hall–Kier alpha value is -0.670. The summed E-state index contributed by atoms with van der Waals surface area (Å²) in [6, 6.07) is 8.85. The van der Waals surface area contributed by atoms with Gasteiger partial charge in [-0.05, 0) is 43.9 Å². The smallest absolute Gasteiger partial charge is 0.0543 e. The first-order valence-electron chi connectivity index (χ1n) is 6.90. The first kappa shape index (κ1) is 13.8. The zero-order chi connectivity index (χ0) is 13.0. The van der Waals surface area contributed by atoms with Gasteiger partial charge in [0.25, 0.3) is 0 Å². The zero-order valence-electron chi connectivity index (χ0n) is 11.3. The number of fused-ring (bicyclic) bond motifs is 1. The Labute approximate surface area is 113 Å². The zero-order valence-corrected chi connectivity index (χ0v) is 12.1. The van der Waals surface area contributed by atoms with Crippen molar-refractivity contribution in [1.82, 2.24) is 5.32 Å². The summed E-state index contributed by atoms with van der Waals surface area (Å²) in [5.41, 5.74) is 2.78. The molecule has 3 heteroatoms.